The number of nitrogens with two attached hydrogens (primary N) is 1. The Morgan fingerprint density at radius 1 is 1.60 bits per heavy atom. The van der Waals surface area contributed by atoms with E-state index in [-0.39, 0.29) is 0 Å². The van der Waals surface area contributed by atoms with Gasteiger partial charge in [0.25, 0.3) is 0 Å². The Morgan fingerprint density at radius 2 is 2.10 bits per heavy atom. The van der Waals surface area contributed by atoms with E-state index in [9.17, 15) is 9.36 Å². The number of hydrogen-bond donors (Lipinski definition) is 1. The summed E-state index contributed by atoms with van der Waals surface area (Å²) in [5.41, 5.74) is 5.11. The lowest BCUT2D eigenvalue weighted by atomic mass is 10.7. The summed E-state index contributed by atoms with van der Waals surface area (Å²) in [5.74, 6) is -1.86. The van der Waals surface area contributed by atoms with Crippen LogP contribution in [0.1, 0.15) is 0 Å². The third-order valence-corrected chi connectivity index (χ3v) is 2.06. The molecule has 0 aromatic heterocycles. The van der Waals surface area contributed by atoms with Crippen molar-refractivity contribution in [2.24, 2.45) is 5.73 Å². The van der Waals surface area contributed by atoms with Crippen LogP contribution in [0.5, 0.6) is 0 Å². The van der Waals surface area contributed by atoms with Crippen molar-refractivity contribution in [1.29, 1.82) is 0 Å². The number of hydrogen-bond acceptors (Lipinski definition) is 5. The van der Waals surface area contributed by atoms with Crippen LogP contribution in [-0.2, 0) is 18.6 Å². The fraction of sp³-hybridized carbons (Fsp3) is 0.750. The molecule has 0 aliphatic heterocycles. The molecule has 2 atom stereocenters. The van der Waals surface area contributed by atoms with Gasteiger partial charge in [0.1, 0.15) is 0 Å². The maximum Gasteiger partial charge on any atom is 0.332 e. The molecule has 60 valence electrons. The van der Waals surface area contributed by atoms with Crippen molar-refractivity contribution in [3.63, 3.8) is 0 Å². The number of carbonyl (C=O) groups excluding carboxylic acids is 1. The van der Waals surface area contributed by atoms with Crippen LogP contribution >= 0.6 is 8.03 Å². The zero-order valence-corrected chi connectivity index (χ0v) is 6.79. The third-order valence-electron chi connectivity index (χ3n) is 0.910. The first-order valence-electron chi connectivity index (χ1n) is 2.54. The van der Waals surface area contributed by atoms with Crippen molar-refractivity contribution < 1.29 is 18.6 Å². The summed E-state index contributed by atoms with van der Waals surface area (Å²) in [4.78, 5) is 10.5. The minimum Gasteiger partial charge on any atom is -0.467 e. The fourth-order valence-corrected chi connectivity index (χ4v) is 0.914. The first kappa shape index (κ1) is 9.62. The van der Waals surface area contributed by atoms with Gasteiger partial charge in [0.05, 0.1) is 7.11 Å². The van der Waals surface area contributed by atoms with Crippen LogP contribution in [0.15, 0.2) is 0 Å². The van der Waals surface area contributed by atoms with E-state index in [1.165, 1.54) is 14.2 Å². The Labute approximate surface area is 59.4 Å². The summed E-state index contributed by atoms with van der Waals surface area (Å²) >= 11 is 0. The monoisotopic (exact) mass is 167 g/mol. The van der Waals surface area contributed by atoms with Gasteiger partial charge < -0.3 is 15.0 Å². The summed E-state index contributed by atoms with van der Waals surface area (Å²) in [5, 5.41) is 0. The first-order chi connectivity index (χ1) is 4.63. The maximum absolute atomic E-state index is 10.6. The molecule has 5 nitrogen and oxygen atoms in total. The van der Waals surface area contributed by atoms with Crippen LogP contribution < -0.4 is 5.73 Å². The highest BCUT2D eigenvalue weighted by Crippen LogP contribution is 2.24. The van der Waals surface area contributed by atoms with E-state index in [2.05, 4.69) is 9.26 Å². The fourth-order valence-electron chi connectivity index (χ4n) is 0.350. The summed E-state index contributed by atoms with van der Waals surface area (Å²) in [7, 11) is -0.0647. The lowest BCUT2D eigenvalue weighted by Crippen LogP contribution is -2.28. The number of carbonyl (C=O) groups is 1. The normalized spacial score (nSPS) is 15.9. The number of ether oxygens (including phenoxy) is 1. The second kappa shape index (κ2) is 4.44. The lowest BCUT2D eigenvalue weighted by Gasteiger charge is -2.05. The number of esters is 1. The molecule has 2 unspecified atom stereocenters. The van der Waals surface area contributed by atoms with Crippen molar-refractivity contribution in [3.8, 4) is 0 Å². The molecular formula is C4H10NO4P. The van der Waals surface area contributed by atoms with E-state index in [1.807, 2.05) is 0 Å². The predicted octanol–water partition coefficient (Wildman–Crippen LogP) is -0.435. The van der Waals surface area contributed by atoms with Crippen molar-refractivity contribution in [2.45, 2.75) is 5.78 Å². The van der Waals surface area contributed by atoms with Crippen LogP contribution in [0, 0.1) is 0 Å². The van der Waals surface area contributed by atoms with Crippen LogP contribution in [0.3, 0.4) is 0 Å². The minimum atomic E-state index is -2.46. The number of methoxy groups -OCH3 is 1. The quantitative estimate of drug-likeness (QED) is 0.455. The summed E-state index contributed by atoms with van der Waals surface area (Å²) in [6, 6.07) is 0. The molecule has 0 aromatic carbocycles. The molecule has 2 N–H and O–H groups in total. The van der Waals surface area contributed by atoms with Gasteiger partial charge in [-0.25, -0.2) is 4.79 Å². The van der Waals surface area contributed by atoms with E-state index in [0.717, 1.165) is 0 Å². The smallest absolute Gasteiger partial charge is 0.332 e. The molecule has 0 fully saturated rings. The SMILES string of the molecule is COC(=O)C(N)[PH](=O)OC. The molecule has 0 amide bonds. The first-order valence-corrected chi connectivity index (χ1v) is 3.94. The molecule has 0 radical (unpaired) electrons. The maximum atomic E-state index is 10.6. The molecule has 10 heavy (non-hydrogen) atoms. The Bertz CT molecular complexity index is 132. The average Bonchev–Trinajstić information content (AvgIpc) is 2.00. The van der Waals surface area contributed by atoms with Gasteiger partial charge in [-0.2, -0.15) is 0 Å². The van der Waals surface area contributed by atoms with Crippen LogP contribution in [0.25, 0.3) is 0 Å². The molecule has 0 bridgehead atoms. The molecule has 6 heteroatoms. The highest BCUT2D eigenvalue weighted by molar-refractivity contribution is 7.41. The van der Waals surface area contributed by atoms with Crippen LogP contribution in [-0.4, -0.2) is 26.0 Å². The largest absolute Gasteiger partial charge is 0.467 e. The Kier molecular flexibility index (Phi) is 4.27. The second-order valence-corrected chi connectivity index (χ2v) is 3.19. The molecule has 0 aromatic rings. The van der Waals surface area contributed by atoms with Crippen LogP contribution in [0.4, 0.5) is 0 Å². The summed E-state index contributed by atoms with van der Waals surface area (Å²) in [6.45, 7) is 0. The van der Waals surface area contributed by atoms with Gasteiger partial charge in [0.15, 0.2) is 5.78 Å². The van der Waals surface area contributed by atoms with Crippen molar-refractivity contribution in [3.05, 3.63) is 0 Å². The Balaban J connectivity index is 3.94. The molecular weight excluding hydrogens is 157 g/mol. The van der Waals surface area contributed by atoms with Gasteiger partial charge in [0, 0.05) is 7.11 Å². The summed E-state index contributed by atoms with van der Waals surface area (Å²) < 4.78 is 19.2. The molecule has 0 aliphatic rings. The average molecular weight is 167 g/mol. The predicted molar refractivity (Wildman–Crippen MR) is 36.0 cm³/mol. The third kappa shape index (κ3) is 2.47. The van der Waals surface area contributed by atoms with E-state index < -0.39 is 19.8 Å². The van der Waals surface area contributed by atoms with Gasteiger partial charge in [-0.15, -0.1) is 0 Å². The summed E-state index contributed by atoms with van der Waals surface area (Å²) in [6.07, 6.45) is 0. The molecule has 0 saturated carbocycles. The van der Waals surface area contributed by atoms with E-state index in [1.54, 1.807) is 0 Å². The van der Waals surface area contributed by atoms with Crippen molar-refractivity contribution >= 4 is 14.0 Å². The minimum absolute atomic E-state index is 0.717. The van der Waals surface area contributed by atoms with Gasteiger partial charge in [0.2, 0.25) is 8.03 Å². The molecule has 0 rings (SSSR count). The Morgan fingerprint density at radius 3 is 2.40 bits per heavy atom. The molecule has 0 spiro atoms. The van der Waals surface area contributed by atoms with Gasteiger partial charge >= 0.3 is 5.97 Å². The highest BCUT2D eigenvalue weighted by Gasteiger charge is 2.20. The van der Waals surface area contributed by atoms with E-state index in [0.29, 0.717) is 0 Å². The van der Waals surface area contributed by atoms with Gasteiger partial charge in [-0.3, -0.25) is 4.57 Å². The second-order valence-electron chi connectivity index (χ2n) is 1.52. The molecule has 0 aliphatic carbocycles. The van der Waals surface area contributed by atoms with Gasteiger partial charge in [-0.05, 0) is 0 Å². The zero-order chi connectivity index (χ0) is 8.15. The van der Waals surface area contributed by atoms with E-state index >= 15 is 0 Å². The standard InChI is InChI=1S/C4H10NO4P/c1-8-4(6)3(5)10(7)9-2/h3,10H,5H2,1-2H3. The van der Waals surface area contributed by atoms with Crippen LogP contribution in [0.2, 0.25) is 0 Å². The van der Waals surface area contributed by atoms with Gasteiger partial charge in [-0.1, -0.05) is 0 Å². The van der Waals surface area contributed by atoms with E-state index in [4.69, 9.17) is 5.73 Å². The number of rotatable bonds is 3. The zero-order valence-electron chi connectivity index (χ0n) is 5.79. The lowest BCUT2D eigenvalue weighted by molar-refractivity contribution is -0.140. The van der Waals surface area contributed by atoms with Crippen molar-refractivity contribution in [1.82, 2.24) is 0 Å². The topological polar surface area (TPSA) is 78.6 Å². The van der Waals surface area contributed by atoms with Crippen molar-refractivity contribution in [2.75, 3.05) is 14.2 Å². The Hall–Kier alpha value is -0.380. The molecule has 0 heterocycles. The highest BCUT2D eigenvalue weighted by atomic mass is 31.1. The molecule has 0 saturated heterocycles.